The molecule has 5 heteroatoms. The van der Waals surface area contributed by atoms with E-state index in [2.05, 4.69) is 5.32 Å². The molecule has 0 radical (unpaired) electrons. The number of hydrogen-bond donors (Lipinski definition) is 2. The Morgan fingerprint density at radius 3 is 2.29 bits per heavy atom. The molecule has 0 bridgehead atoms. The molecule has 1 aliphatic carbocycles. The summed E-state index contributed by atoms with van der Waals surface area (Å²) in [5.74, 6) is -2.14. The minimum atomic E-state index is -2.43. The van der Waals surface area contributed by atoms with Crippen molar-refractivity contribution >= 4 is 0 Å². The number of rotatable bonds is 2. The minimum Gasteiger partial charge on any atom is -0.303 e. The van der Waals surface area contributed by atoms with E-state index in [1.807, 2.05) is 4.90 Å². The van der Waals surface area contributed by atoms with Gasteiger partial charge in [-0.1, -0.05) is 0 Å². The Morgan fingerprint density at radius 1 is 1.36 bits per heavy atom. The van der Waals surface area contributed by atoms with Gasteiger partial charge in [-0.25, -0.2) is 8.78 Å². The molecule has 0 spiro atoms. The zero-order valence-electron chi connectivity index (χ0n) is 8.34. The van der Waals surface area contributed by atoms with Gasteiger partial charge < -0.3 is 5.73 Å². The average molecular weight is 205 g/mol. The van der Waals surface area contributed by atoms with E-state index in [1.54, 1.807) is 7.05 Å². The fourth-order valence-electron chi connectivity index (χ4n) is 2.70. The minimum absolute atomic E-state index is 0.0462. The summed E-state index contributed by atoms with van der Waals surface area (Å²) in [5, 5.41) is 2.93. The molecule has 2 rings (SSSR count). The van der Waals surface area contributed by atoms with Crippen LogP contribution in [0.5, 0.6) is 0 Å². The molecule has 3 unspecified atom stereocenters. The number of halogens is 2. The number of alkyl halides is 2. The van der Waals surface area contributed by atoms with Gasteiger partial charge in [0.15, 0.2) is 0 Å². The molecule has 0 aromatic carbocycles. The van der Waals surface area contributed by atoms with Gasteiger partial charge >= 0.3 is 0 Å². The summed E-state index contributed by atoms with van der Waals surface area (Å²) in [6, 6.07) is 0. The highest BCUT2D eigenvalue weighted by Gasteiger charge is 2.50. The number of nitrogens with zero attached hydrogens (tertiary/aromatic N) is 1. The highest BCUT2D eigenvalue weighted by molar-refractivity contribution is 4.96. The molecule has 0 aromatic rings. The van der Waals surface area contributed by atoms with Gasteiger partial charge in [0.2, 0.25) is 5.92 Å². The van der Waals surface area contributed by atoms with E-state index in [0.29, 0.717) is 13.1 Å². The van der Waals surface area contributed by atoms with Crippen molar-refractivity contribution in [3.63, 3.8) is 0 Å². The van der Waals surface area contributed by atoms with Crippen LogP contribution in [-0.4, -0.2) is 37.2 Å². The summed E-state index contributed by atoms with van der Waals surface area (Å²) in [6.45, 7) is 1.42. The molecule has 1 aliphatic heterocycles. The Labute approximate surface area is 82.6 Å². The molecule has 3 nitrogen and oxygen atoms in total. The van der Waals surface area contributed by atoms with Crippen molar-refractivity contribution in [1.82, 2.24) is 10.2 Å². The lowest BCUT2D eigenvalue weighted by atomic mass is 10.0. The van der Waals surface area contributed by atoms with Crippen LogP contribution in [0.25, 0.3) is 0 Å². The molecule has 1 heterocycles. The van der Waals surface area contributed by atoms with E-state index >= 15 is 0 Å². The van der Waals surface area contributed by atoms with Crippen LogP contribution < -0.4 is 11.1 Å². The summed E-state index contributed by atoms with van der Waals surface area (Å²) in [7, 11) is 1.79. The van der Waals surface area contributed by atoms with Crippen LogP contribution in [0.1, 0.15) is 12.8 Å². The van der Waals surface area contributed by atoms with E-state index < -0.39 is 5.92 Å². The van der Waals surface area contributed by atoms with Crippen LogP contribution in [0.15, 0.2) is 0 Å². The zero-order valence-corrected chi connectivity index (χ0v) is 8.34. The molecule has 2 aliphatic rings. The fraction of sp³-hybridized carbons (Fsp3) is 1.00. The topological polar surface area (TPSA) is 41.3 Å². The van der Waals surface area contributed by atoms with E-state index in [1.165, 1.54) is 0 Å². The van der Waals surface area contributed by atoms with Crippen molar-refractivity contribution in [3.05, 3.63) is 0 Å². The van der Waals surface area contributed by atoms with E-state index in [0.717, 1.165) is 0 Å². The van der Waals surface area contributed by atoms with E-state index in [9.17, 15) is 8.78 Å². The molecular weight excluding hydrogens is 188 g/mol. The molecule has 1 saturated carbocycles. The first kappa shape index (κ1) is 10.3. The quantitative estimate of drug-likeness (QED) is 0.642. The molecule has 82 valence electrons. The summed E-state index contributed by atoms with van der Waals surface area (Å²) < 4.78 is 26.0. The highest BCUT2D eigenvalue weighted by atomic mass is 19.3. The largest absolute Gasteiger partial charge is 0.303 e. The van der Waals surface area contributed by atoms with Gasteiger partial charge in [-0.2, -0.15) is 0 Å². The van der Waals surface area contributed by atoms with Crippen molar-refractivity contribution in [2.24, 2.45) is 17.6 Å². The Bertz CT molecular complexity index is 206. The lowest BCUT2D eigenvalue weighted by Crippen LogP contribution is -2.50. The lowest BCUT2D eigenvalue weighted by molar-refractivity contribution is -0.00447. The second-order valence-electron chi connectivity index (χ2n) is 4.47. The third-order valence-corrected chi connectivity index (χ3v) is 3.42. The van der Waals surface area contributed by atoms with Crippen molar-refractivity contribution in [1.29, 1.82) is 0 Å². The third-order valence-electron chi connectivity index (χ3n) is 3.42. The molecule has 0 aromatic heterocycles. The van der Waals surface area contributed by atoms with Crippen molar-refractivity contribution in [2.45, 2.75) is 25.1 Å². The summed E-state index contributed by atoms with van der Waals surface area (Å²) >= 11 is 0. The van der Waals surface area contributed by atoms with Gasteiger partial charge in [0, 0.05) is 25.9 Å². The maximum absolute atomic E-state index is 13.0. The number of fused-ring (bicyclic) bond motifs is 1. The second-order valence-corrected chi connectivity index (χ2v) is 4.47. The van der Waals surface area contributed by atoms with Crippen molar-refractivity contribution < 1.29 is 8.78 Å². The van der Waals surface area contributed by atoms with Crippen LogP contribution in [0.2, 0.25) is 0 Å². The van der Waals surface area contributed by atoms with Gasteiger partial charge in [-0.05, 0) is 18.9 Å². The molecule has 14 heavy (non-hydrogen) atoms. The van der Waals surface area contributed by atoms with Crippen LogP contribution >= 0.6 is 0 Å². The smallest absolute Gasteiger partial charge is 0.248 e. The fourth-order valence-corrected chi connectivity index (χ4v) is 2.70. The summed E-state index contributed by atoms with van der Waals surface area (Å²) in [5.41, 5.74) is 5.78. The van der Waals surface area contributed by atoms with Gasteiger partial charge in [0.05, 0.1) is 0 Å². The van der Waals surface area contributed by atoms with Gasteiger partial charge in [-0.15, -0.1) is 0 Å². The standard InChI is InChI=1S/C9H17F2N3/c1-13-8(12)14-4-6-2-9(10,11)3-7(6)5-14/h6-8,13H,2-5,12H2,1H3. The van der Waals surface area contributed by atoms with E-state index in [-0.39, 0.29) is 31.0 Å². The lowest BCUT2D eigenvalue weighted by Gasteiger charge is -2.24. The molecule has 3 N–H and O–H groups in total. The Balaban J connectivity index is 1.93. The average Bonchev–Trinajstić information content (AvgIpc) is 2.56. The monoisotopic (exact) mass is 205 g/mol. The van der Waals surface area contributed by atoms with Gasteiger partial charge in [-0.3, -0.25) is 10.2 Å². The van der Waals surface area contributed by atoms with Crippen molar-refractivity contribution in [3.8, 4) is 0 Å². The Kier molecular flexibility index (Phi) is 2.49. The number of hydrogen-bond acceptors (Lipinski definition) is 3. The van der Waals surface area contributed by atoms with Crippen molar-refractivity contribution in [2.75, 3.05) is 20.1 Å². The third kappa shape index (κ3) is 1.76. The predicted molar refractivity (Wildman–Crippen MR) is 49.8 cm³/mol. The first-order chi connectivity index (χ1) is 6.52. The maximum atomic E-state index is 13.0. The predicted octanol–water partition coefficient (Wildman–Crippen LogP) is 0.425. The molecule has 0 amide bonds. The number of nitrogens with one attached hydrogen (secondary N) is 1. The Morgan fingerprint density at radius 2 is 1.86 bits per heavy atom. The first-order valence-corrected chi connectivity index (χ1v) is 5.06. The van der Waals surface area contributed by atoms with Gasteiger partial charge in [0.1, 0.15) is 6.29 Å². The molecule has 2 fully saturated rings. The summed E-state index contributed by atoms with van der Waals surface area (Å²) in [4.78, 5) is 2.05. The number of likely N-dealkylation sites (tertiary alicyclic amines) is 1. The maximum Gasteiger partial charge on any atom is 0.248 e. The van der Waals surface area contributed by atoms with E-state index in [4.69, 9.17) is 5.73 Å². The SMILES string of the molecule is CNC(N)N1CC2CC(F)(F)CC2C1. The molecule has 1 saturated heterocycles. The second kappa shape index (κ2) is 3.40. The summed E-state index contributed by atoms with van der Waals surface area (Å²) in [6.07, 6.45) is -0.0934. The van der Waals surface area contributed by atoms with Crippen LogP contribution in [0.3, 0.4) is 0 Å². The zero-order chi connectivity index (χ0) is 10.3. The first-order valence-electron chi connectivity index (χ1n) is 5.06. The Hall–Kier alpha value is -0.260. The number of nitrogens with two attached hydrogens (primary N) is 1. The van der Waals surface area contributed by atoms with Gasteiger partial charge in [0.25, 0.3) is 0 Å². The van der Waals surface area contributed by atoms with Crippen LogP contribution in [0.4, 0.5) is 8.78 Å². The normalized spacial score (nSPS) is 38.6. The van der Waals surface area contributed by atoms with Crippen LogP contribution in [-0.2, 0) is 0 Å². The highest BCUT2D eigenvalue weighted by Crippen LogP contribution is 2.46. The van der Waals surface area contributed by atoms with Crippen LogP contribution in [0, 0.1) is 11.8 Å². The molecular formula is C9H17F2N3. The molecule has 3 atom stereocenters.